The second-order valence-corrected chi connectivity index (χ2v) is 6.69. The molecule has 1 aliphatic heterocycles. The van der Waals surface area contributed by atoms with E-state index in [1.165, 1.54) is 0 Å². The summed E-state index contributed by atoms with van der Waals surface area (Å²) in [6.07, 6.45) is 5.34. The third kappa shape index (κ3) is 3.48. The average molecular weight is 371 g/mol. The molecule has 7 nitrogen and oxygen atoms in total. The molecule has 0 bridgehead atoms. The Morgan fingerprint density at radius 1 is 1.12 bits per heavy atom. The van der Waals surface area contributed by atoms with Crippen LogP contribution in [0.5, 0.6) is 0 Å². The molecule has 8 heteroatoms. The molecule has 0 saturated carbocycles. The van der Waals surface area contributed by atoms with Crippen molar-refractivity contribution in [1.29, 1.82) is 0 Å². The number of aryl methyl sites for hydroxylation is 1. The van der Waals surface area contributed by atoms with Gasteiger partial charge in [0.1, 0.15) is 12.1 Å². The number of hydrogen-bond acceptors (Lipinski definition) is 5. The van der Waals surface area contributed by atoms with E-state index in [2.05, 4.69) is 20.0 Å². The van der Waals surface area contributed by atoms with Gasteiger partial charge in [0.15, 0.2) is 0 Å². The number of benzene rings is 1. The maximum atomic E-state index is 12.4. The molecule has 2 aromatic heterocycles. The Morgan fingerprint density at radius 3 is 2.69 bits per heavy atom. The van der Waals surface area contributed by atoms with Gasteiger partial charge in [-0.1, -0.05) is 23.7 Å². The highest BCUT2D eigenvalue weighted by molar-refractivity contribution is 6.30. The fraction of sp³-hybridized carbons (Fsp3) is 0.333. The molecule has 3 aromatic rings. The molecule has 0 unspecified atom stereocenters. The van der Waals surface area contributed by atoms with Crippen molar-refractivity contribution in [3.8, 4) is 0 Å². The second kappa shape index (κ2) is 7.29. The molecule has 1 amide bonds. The average Bonchev–Trinajstić information content (AvgIpc) is 3.11. The summed E-state index contributed by atoms with van der Waals surface area (Å²) in [6.45, 7) is 3.46. The van der Waals surface area contributed by atoms with Crippen molar-refractivity contribution in [2.45, 2.75) is 13.0 Å². The van der Waals surface area contributed by atoms with Crippen LogP contribution in [0.1, 0.15) is 6.42 Å². The first kappa shape index (κ1) is 16.8. The van der Waals surface area contributed by atoms with Crippen LogP contribution in [0, 0.1) is 0 Å². The van der Waals surface area contributed by atoms with Crippen molar-refractivity contribution < 1.29 is 4.79 Å². The molecule has 1 saturated heterocycles. The summed E-state index contributed by atoms with van der Waals surface area (Å²) in [5.41, 5.74) is 0.939. The van der Waals surface area contributed by atoms with E-state index in [0.29, 0.717) is 31.1 Å². The molecule has 0 spiro atoms. The lowest BCUT2D eigenvalue weighted by atomic mass is 10.2. The monoisotopic (exact) mass is 370 g/mol. The zero-order valence-corrected chi connectivity index (χ0v) is 15.0. The summed E-state index contributed by atoms with van der Waals surface area (Å²) >= 11 is 5.85. The van der Waals surface area contributed by atoms with Gasteiger partial charge >= 0.3 is 0 Å². The van der Waals surface area contributed by atoms with Crippen LogP contribution in [-0.2, 0) is 11.3 Å². The number of carbonyl (C=O) groups excluding carboxylic acids is 1. The molecule has 134 valence electrons. The summed E-state index contributed by atoms with van der Waals surface area (Å²) in [5.74, 6) is 1.08. The molecule has 1 aliphatic rings. The zero-order valence-electron chi connectivity index (χ0n) is 14.3. The summed E-state index contributed by atoms with van der Waals surface area (Å²) in [4.78, 5) is 25.4. The minimum Gasteiger partial charge on any atom is -0.352 e. The van der Waals surface area contributed by atoms with Crippen LogP contribution >= 0.6 is 11.6 Å². The number of nitrogens with zero attached hydrogens (tertiary/aromatic N) is 6. The molecule has 1 aromatic carbocycles. The summed E-state index contributed by atoms with van der Waals surface area (Å²) in [6, 6.07) is 8.00. The lowest BCUT2D eigenvalue weighted by molar-refractivity contribution is -0.131. The maximum Gasteiger partial charge on any atom is 0.224 e. The first-order valence-electron chi connectivity index (χ1n) is 8.61. The third-order valence-corrected chi connectivity index (χ3v) is 4.81. The molecule has 0 aliphatic carbocycles. The van der Waals surface area contributed by atoms with Gasteiger partial charge in [-0.15, -0.1) is 0 Å². The minimum atomic E-state index is 0.142. The van der Waals surface area contributed by atoms with Crippen LogP contribution in [0.4, 0.5) is 5.82 Å². The number of aromatic nitrogens is 4. The highest BCUT2D eigenvalue weighted by Gasteiger charge is 2.22. The van der Waals surface area contributed by atoms with E-state index in [4.69, 9.17) is 11.6 Å². The molecular weight excluding hydrogens is 352 g/mol. The van der Waals surface area contributed by atoms with Crippen molar-refractivity contribution in [3.05, 3.63) is 48.0 Å². The van der Waals surface area contributed by atoms with Gasteiger partial charge in [-0.3, -0.25) is 9.48 Å². The molecule has 26 heavy (non-hydrogen) atoms. The maximum absolute atomic E-state index is 12.4. The smallest absolute Gasteiger partial charge is 0.224 e. The number of rotatable bonds is 4. The van der Waals surface area contributed by atoms with E-state index in [0.717, 1.165) is 29.8 Å². The number of amides is 1. The van der Waals surface area contributed by atoms with Gasteiger partial charge < -0.3 is 9.80 Å². The molecule has 1 fully saturated rings. The number of halogens is 1. The summed E-state index contributed by atoms with van der Waals surface area (Å²) in [5, 5.41) is 5.74. The van der Waals surface area contributed by atoms with Crippen LogP contribution in [-0.4, -0.2) is 56.7 Å². The van der Waals surface area contributed by atoms with E-state index in [1.807, 2.05) is 29.2 Å². The number of hydrogen-bond donors (Lipinski definition) is 0. The van der Waals surface area contributed by atoms with Crippen molar-refractivity contribution in [2.75, 3.05) is 31.1 Å². The van der Waals surface area contributed by atoms with E-state index in [-0.39, 0.29) is 5.91 Å². The van der Waals surface area contributed by atoms with E-state index < -0.39 is 0 Å². The lowest BCUT2D eigenvalue weighted by Gasteiger charge is -2.35. The fourth-order valence-corrected chi connectivity index (χ4v) is 3.40. The Kier molecular flexibility index (Phi) is 4.71. The van der Waals surface area contributed by atoms with Crippen molar-refractivity contribution in [2.24, 2.45) is 0 Å². The van der Waals surface area contributed by atoms with Crippen LogP contribution in [0.25, 0.3) is 10.9 Å². The second-order valence-electron chi connectivity index (χ2n) is 6.25. The standard InChI is InChI=1S/C18H19ClN6O/c19-14-11-22-25(12-14)6-5-17(26)23-7-9-24(10-8-23)18-15-3-1-2-4-16(15)20-13-21-18/h1-4,11-13H,5-10H2. The zero-order chi connectivity index (χ0) is 17.9. The topological polar surface area (TPSA) is 67.2 Å². The van der Waals surface area contributed by atoms with Gasteiger partial charge in [-0.2, -0.15) is 5.10 Å². The van der Waals surface area contributed by atoms with Crippen molar-refractivity contribution in [1.82, 2.24) is 24.6 Å². The quantitative estimate of drug-likeness (QED) is 0.704. The molecule has 0 radical (unpaired) electrons. The first-order valence-corrected chi connectivity index (χ1v) is 8.99. The SMILES string of the molecule is O=C(CCn1cc(Cl)cn1)N1CCN(c2ncnc3ccccc23)CC1. The molecule has 4 rings (SSSR count). The third-order valence-electron chi connectivity index (χ3n) is 4.61. The minimum absolute atomic E-state index is 0.142. The number of piperazine rings is 1. The van der Waals surface area contributed by atoms with Crippen LogP contribution in [0.3, 0.4) is 0 Å². The molecular formula is C18H19ClN6O. The van der Waals surface area contributed by atoms with E-state index in [1.54, 1.807) is 23.4 Å². The van der Waals surface area contributed by atoms with Crippen LogP contribution in [0.15, 0.2) is 43.0 Å². The Labute approximate surface area is 156 Å². The van der Waals surface area contributed by atoms with Crippen LogP contribution in [0.2, 0.25) is 5.02 Å². The van der Waals surface area contributed by atoms with Crippen LogP contribution < -0.4 is 4.90 Å². The number of para-hydroxylation sites is 1. The molecule has 0 N–H and O–H groups in total. The van der Waals surface area contributed by atoms with Gasteiger partial charge in [0.2, 0.25) is 5.91 Å². The van der Waals surface area contributed by atoms with Gasteiger partial charge in [0, 0.05) is 50.7 Å². The Bertz CT molecular complexity index is 913. The van der Waals surface area contributed by atoms with E-state index >= 15 is 0 Å². The predicted octanol–water partition coefficient (Wildman–Crippen LogP) is 2.22. The summed E-state index contributed by atoms with van der Waals surface area (Å²) < 4.78 is 1.70. The van der Waals surface area contributed by atoms with Crippen molar-refractivity contribution >= 4 is 34.2 Å². The Morgan fingerprint density at radius 2 is 1.92 bits per heavy atom. The number of carbonyl (C=O) groups is 1. The fourth-order valence-electron chi connectivity index (χ4n) is 3.24. The van der Waals surface area contributed by atoms with Gasteiger partial charge in [-0.05, 0) is 12.1 Å². The Hall–Kier alpha value is -2.67. The predicted molar refractivity (Wildman–Crippen MR) is 100 cm³/mol. The lowest BCUT2D eigenvalue weighted by Crippen LogP contribution is -2.49. The summed E-state index contributed by atoms with van der Waals surface area (Å²) in [7, 11) is 0. The largest absolute Gasteiger partial charge is 0.352 e. The van der Waals surface area contributed by atoms with Gasteiger partial charge in [0.05, 0.1) is 16.7 Å². The highest BCUT2D eigenvalue weighted by Crippen LogP contribution is 2.23. The highest BCUT2D eigenvalue weighted by atomic mass is 35.5. The Balaban J connectivity index is 1.37. The van der Waals surface area contributed by atoms with Gasteiger partial charge in [0.25, 0.3) is 0 Å². The molecule has 3 heterocycles. The number of anilines is 1. The normalized spacial score (nSPS) is 14.8. The van der Waals surface area contributed by atoms with Gasteiger partial charge in [-0.25, -0.2) is 9.97 Å². The molecule has 0 atom stereocenters. The number of fused-ring (bicyclic) bond motifs is 1. The van der Waals surface area contributed by atoms with Crippen molar-refractivity contribution in [3.63, 3.8) is 0 Å². The first-order chi connectivity index (χ1) is 12.7. The van der Waals surface area contributed by atoms with E-state index in [9.17, 15) is 4.79 Å².